The molecule has 1 fully saturated rings. The fraction of sp³-hybridized carbons (Fsp3) is 0.217. The molecule has 1 aliphatic rings. The minimum Gasteiger partial charge on any atom is -0.355 e. The zero-order chi connectivity index (χ0) is 21.3. The van der Waals surface area contributed by atoms with Gasteiger partial charge >= 0.3 is 0 Å². The maximum atomic E-state index is 12.7. The molecule has 0 aliphatic carbocycles. The minimum atomic E-state index is -3.61. The molecule has 5 rings (SSSR count). The van der Waals surface area contributed by atoms with E-state index in [1.807, 2.05) is 24.4 Å². The van der Waals surface area contributed by atoms with Gasteiger partial charge in [-0.25, -0.2) is 18.4 Å². The third-order valence-electron chi connectivity index (χ3n) is 5.72. The first-order valence-electron chi connectivity index (χ1n) is 10.3. The highest BCUT2D eigenvalue weighted by atomic mass is 32.2. The predicted octanol–water partition coefficient (Wildman–Crippen LogP) is 4.14. The van der Waals surface area contributed by atoms with Crippen LogP contribution in [0.3, 0.4) is 0 Å². The monoisotopic (exact) mass is 433 g/mol. The van der Waals surface area contributed by atoms with E-state index in [2.05, 4.69) is 30.6 Å². The molecule has 7 nitrogen and oxygen atoms in total. The average molecular weight is 434 g/mol. The Bertz CT molecular complexity index is 1300. The molecule has 3 heterocycles. The molecular weight excluding hydrogens is 410 g/mol. The van der Waals surface area contributed by atoms with Crippen molar-refractivity contribution in [3.63, 3.8) is 0 Å². The molecule has 2 aromatic heterocycles. The fourth-order valence-electron chi connectivity index (χ4n) is 4.22. The van der Waals surface area contributed by atoms with Crippen LogP contribution >= 0.6 is 0 Å². The number of piperidine rings is 1. The summed E-state index contributed by atoms with van der Waals surface area (Å²) in [5, 5.41) is 1.02. The number of anilines is 2. The first-order valence-corrected chi connectivity index (χ1v) is 11.8. The molecular formula is C23H23N5O2S. The molecule has 31 heavy (non-hydrogen) atoms. The number of nitrogens with one attached hydrogen (secondary N) is 2. The van der Waals surface area contributed by atoms with Crippen LogP contribution in [0.5, 0.6) is 0 Å². The van der Waals surface area contributed by atoms with Gasteiger partial charge in [0, 0.05) is 30.9 Å². The molecule has 1 saturated heterocycles. The van der Waals surface area contributed by atoms with Crippen molar-refractivity contribution < 1.29 is 8.42 Å². The Morgan fingerprint density at radius 3 is 2.77 bits per heavy atom. The molecule has 0 radical (unpaired) electrons. The first kappa shape index (κ1) is 19.6. The minimum absolute atomic E-state index is 0.253. The number of hydrogen-bond acceptors (Lipinski definition) is 5. The highest BCUT2D eigenvalue weighted by Crippen LogP contribution is 2.33. The SMILES string of the molecule is O=S(=O)(Nc1cccc(C2CCCN(c3ncnc4[nH]ccc34)C2)c1)c1ccccc1. The number of aromatic nitrogens is 3. The van der Waals surface area contributed by atoms with Crippen molar-refractivity contribution in [2.24, 2.45) is 0 Å². The molecule has 0 spiro atoms. The smallest absolute Gasteiger partial charge is 0.261 e. The van der Waals surface area contributed by atoms with Gasteiger partial charge in [0.25, 0.3) is 10.0 Å². The molecule has 2 N–H and O–H groups in total. The summed E-state index contributed by atoms with van der Waals surface area (Å²) in [5.41, 5.74) is 2.54. The molecule has 4 aromatic rings. The molecule has 8 heteroatoms. The molecule has 1 aliphatic heterocycles. The van der Waals surface area contributed by atoms with Gasteiger partial charge in [0.15, 0.2) is 0 Å². The number of rotatable bonds is 5. The standard InChI is InChI=1S/C23H23N5O2S/c29-31(30,20-9-2-1-3-10-20)27-19-8-4-6-17(14-19)18-7-5-13-28(15-18)23-21-11-12-24-22(21)25-16-26-23/h1-4,6,8-12,14,16,18,27H,5,7,13,15H2,(H,24,25,26). The van der Waals surface area contributed by atoms with Crippen molar-refractivity contribution in [2.45, 2.75) is 23.7 Å². The van der Waals surface area contributed by atoms with Gasteiger partial charge in [0.2, 0.25) is 0 Å². The maximum Gasteiger partial charge on any atom is 0.261 e. The van der Waals surface area contributed by atoms with E-state index >= 15 is 0 Å². The number of benzene rings is 2. The van der Waals surface area contributed by atoms with E-state index in [1.54, 1.807) is 42.7 Å². The van der Waals surface area contributed by atoms with E-state index < -0.39 is 10.0 Å². The topological polar surface area (TPSA) is 91.0 Å². The van der Waals surface area contributed by atoms with Gasteiger partial charge in [-0.3, -0.25) is 4.72 Å². The summed E-state index contributed by atoms with van der Waals surface area (Å²) < 4.78 is 28.1. The number of sulfonamides is 1. The van der Waals surface area contributed by atoms with Gasteiger partial charge in [-0.2, -0.15) is 0 Å². The molecule has 2 aromatic carbocycles. The summed E-state index contributed by atoms with van der Waals surface area (Å²) in [7, 11) is -3.61. The molecule has 1 unspecified atom stereocenters. The highest BCUT2D eigenvalue weighted by Gasteiger charge is 2.24. The van der Waals surface area contributed by atoms with Crippen LogP contribution in [0, 0.1) is 0 Å². The molecule has 0 bridgehead atoms. The van der Waals surface area contributed by atoms with Crippen molar-refractivity contribution in [1.82, 2.24) is 15.0 Å². The van der Waals surface area contributed by atoms with Crippen LogP contribution < -0.4 is 9.62 Å². The van der Waals surface area contributed by atoms with E-state index in [1.165, 1.54) is 0 Å². The predicted molar refractivity (Wildman–Crippen MR) is 122 cm³/mol. The fourth-order valence-corrected chi connectivity index (χ4v) is 5.29. The largest absolute Gasteiger partial charge is 0.355 e. The highest BCUT2D eigenvalue weighted by molar-refractivity contribution is 7.92. The van der Waals surface area contributed by atoms with Crippen LogP contribution in [0.4, 0.5) is 11.5 Å². The van der Waals surface area contributed by atoms with Crippen molar-refractivity contribution >= 4 is 32.6 Å². The summed E-state index contributed by atoms with van der Waals surface area (Å²) >= 11 is 0. The van der Waals surface area contributed by atoms with Crippen molar-refractivity contribution in [2.75, 3.05) is 22.7 Å². The zero-order valence-corrected chi connectivity index (χ0v) is 17.7. The second kappa shape index (κ2) is 8.03. The Hall–Kier alpha value is -3.39. The van der Waals surface area contributed by atoms with E-state index in [9.17, 15) is 8.42 Å². The van der Waals surface area contributed by atoms with Crippen molar-refractivity contribution in [3.8, 4) is 0 Å². The van der Waals surface area contributed by atoms with Gasteiger partial charge in [-0.15, -0.1) is 0 Å². The Kier molecular flexibility index (Phi) is 5.07. The van der Waals surface area contributed by atoms with E-state index in [-0.39, 0.29) is 4.90 Å². The molecule has 0 amide bonds. The second-order valence-electron chi connectivity index (χ2n) is 7.77. The molecule has 0 saturated carbocycles. The van der Waals surface area contributed by atoms with Gasteiger partial charge in [0.05, 0.1) is 10.3 Å². The Labute approximate surface area is 181 Å². The van der Waals surface area contributed by atoms with E-state index in [4.69, 9.17) is 0 Å². The first-order chi connectivity index (χ1) is 15.1. The lowest BCUT2D eigenvalue weighted by atomic mass is 9.90. The summed E-state index contributed by atoms with van der Waals surface area (Å²) in [6.45, 7) is 1.76. The van der Waals surface area contributed by atoms with Gasteiger partial charge < -0.3 is 9.88 Å². The normalized spacial score (nSPS) is 17.0. The quantitative estimate of drug-likeness (QED) is 0.494. The second-order valence-corrected chi connectivity index (χ2v) is 9.45. The van der Waals surface area contributed by atoms with Crippen LogP contribution in [0.1, 0.15) is 24.3 Å². The summed E-state index contributed by atoms with van der Waals surface area (Å²) in [6.07, 6.45) is 5.57. The Balaban J connectivity index is 1.38. The molecule has 1 atom stereocenters. The number of H-pyrrole nitrogens is 1. The third-order valence-corrected chi connectivity index (χ3v) is 7.11. The lowest BCUT2D eigenvalue weighted by Gasteiger charge is -2.34. The van der Waals surface area contributed by atoms with Crippen LogP contribution in [-0.2, 0) is 10.0 Å². The van der Waals surface area contributed by atoms with Crippen LogP contribution in [-0.4, -0.2) is 36.5 Å². The summed E-state index contributed by atoms with van der Waals surface area (Å²) in [6, 6.07) is 18.1. The maximum absolute atomic E-state index is 12.7. The number of fused-ring (bicyclic) bond motifs is 1. The summed E-state index contributed by atoms with van der Waals surface area (Å²) in [5.74, 6) is 1.23. The van der Waals surface area contributed by atoms with Gasteiger partial charge in [0.1, 0.15) is 17.8 Å². The van der Waals surface area contributed by atoms with E-state index in [0.717, 1.165) is 48.3 Å². The van der Waals surface area contributed by atoms with Gasteiger partial charge in [-0.05, 0) is 48.7 Å². The van der Waals surface area contributed by atoms with Crippen molar-refractivity contribution in [1.29, 1.82) is 0 Å². The number of aromatic amines is 1. The van der Waals surface area contributed by atoms with Crippen LogP contribution in [0.2, 0.25) is 0 Å². The number of nitrogens with zero attached hydrogens (tertiary/aromatic N) is 3. The van der Waals surface area contributed by atoms with Crippen LogP contribution in [0.15, 0.2) is 78.1 Å². The lowest BCUT2D eigenvalue weighted by molar-refractivity contribution is 0.508. The van der Waals surface area contributed by atoms with Crippen LogP contribution in [0.25, 0.3) is 11.0 Å². The van der Waals surface area contributed by atoms with Gasteiger partial charge in [-0.1, -0.05) is 30.3 Å². The lowest BCUT2D eigenvalue weighted by Crippen LogP contribution is -2.35. The molecule has 158 valence electrons. The summed E-state index contributed by atoms with van der Waals surface area (Å²) in [4.78, 5) is 14.5. The van der Waals surface area contributed by atoms with Crippen molar-refractivity contribution in [3.05, 3.63) is 78.8 Å². The number of hydrogen-bond donors (Lipinski definition) is 2. The average Bonchev–Trinajstić information content (AvgIpc) is 3.29. The third kappa shape index (κ3) is 3.98. The van der Waals surface area contributed by atoms with E-state index in [0.29, 0.717) is 11.6 Å². The Morgan fingerprint density at radius 1 is 1.03 bits per heavy atom. The zero-order valence-electron chi connectivity index (χ0n) is 16.9. The Morgan fingerprint density at radius 2 is 1.90 bits per heavy atom.